The number of hydrogen-bond donors (Lipinski definition) is 0. The van der Waals surface area contributed by atoms with Crippen molar-refractivity contribution in [1.29, 1.82) is 0 Å². The number of carbonyl (C=O) groups excluding carboxylic acids is 1. The van der Waals surface area contributed by atoms with Crippen LogP contribution in [-0.2, 0) is 9.53 Å². The predicted molar refractivity (Wildman–Crippen MR) is 62.3 cm³/mol. The molecule has 0 aromatic carbocycles. The number of aromatic nitrogens is 1. The predicted octanol–water partition coefficient (Wildman–Crippen LogP) is 2.71. The van der Waals surface area contributed by atoms with Crippen molar-refractivity contribution >= 4 is 12.2 Å². The van der Waals surface area contributed by atoms with Crippen molar-refractivity contribution in [3.05, 3.63) is 43.8 Å². The average Bonchev–Trinajstić information content (AvgIpc) is 2.79. The topological polar surface area (TPSA) is 31.2 Å². The molecule has 0 radical (unpaired) electrons. The van der Waals surface area contributed by atoms with Crippen LogP contribution < -0.4 is 0 Å². The van der Waals surface area contributed by atoms with Crippen molar-refractivity contribution in [1.82, 2.24) is 4.57 Å². The van der Waals surface area contributed by atoms with Crippen LogP contribution in [0.3, 0.4) is 0 Å². The van der Waals surface area contributed by atoms with E-state index in [9.17, 15) is 4.79 Å². The van der Waals surface area contributed by atoms with E-state index >= 15 is 0 Å². The highest BCUT2D eigenvalue weighted by Crippen LogP contribution is 1.86. The van der Waals surface area contributed by atoms with Crippen molar-refractivity contribution in [2.75, 3.05) is 6.61 Å². The molecule has 0 N–H and O–H groups in total. The van der Waals surface area contributed by atoms with Crippen LogP contribution in [0.1, 0.15) is 13.3 Å². The van der Waals surface area contributed by atoms with E-state index in [0.29, 0.717) is 6.61 Å². The van der Waals surface area contributed by atoms with Crippen LogP contribution in [0.2, 0.25) is 0 Å². The minimum Gasteiger partial charge on any atom is -0.463 e. The normalized spacial score (nSPS) is 8.33. The van der Waals surface area contributed by atoms with Crippen molar-refractivity contribution in [2.45, 2.75) is 13.3 Å². The summed E-state index contributed by atoms with van der Waals surface area (Å²) < 4.78 is 6.47. The second-order valence-electron chi connectivity index (χ2n) is 2.68. The van der Waals surface area contributed by atoms with Gasteiger partial charge in [0.2, 0.25) is 0 Å². The Morgan fingerprint density at radius 3 is 2.33 bits per heavy atom. The molecule has 0 unspecified atom stereocenters. The molecule has 0 aliphatic carbocycles. The van der Waals surface area contributed by atoms with E-state index in [4.69, 9.17) is 0 Å². The number of esters is 1. The lowest BCUT2D eigenvalue weighted by atomic mass is 10.5. The lowest BCUT2D eigenvalue weighted by Gasteiger charge is -1.94. The summed E-state index contributed by atoms with van der Waals surface area (Å²) in [6.07, 6.45) is 7.65. The Morgan fingerprint density at radius 2 is 2.00 bits per heavy atom. The zero-order valence-electron chi connectivity index (χ0n) is 9.06. The first-order chi connectivity index (χ1) is 7.24. The molecule has 0 saturated heterocycles. The van der Waals surface area contributed by atoms with E-state index in [1.54, 1.807) is 6.20 Å². The second kappa shape index (κ2) is 8.81. The first-order valence-electron chi connectivity index (χ1n) is 4.78. The largest absolute Gasteiger partial charge is 0.463 e. The lowest BCUT2D eigenvalue weighted by molar-refractivity contribution is -0.137. The summed E-state index contributed by atoms with van der Waals surface area (Å²) in [7, 11) is 0. The second-order valence-corrected chi connectivity index (χ2v) is 2.68. The molecule has 3 heteroatoms. The van der Waals surface area contributed by atoms with Crippen molar-refractivity contribution < 1.29 is 9.53 Å². The molecule has 1 heterocycles. The monoisotopic (exact) mass is 207 g/mol. The first kappa shape index (κ1) is 13.2. The smallest absolute Gasteiger partial charge is 0.330 e. The van der Waals surface area contributed by atoms with E-state index in [2.05, 4.69) is 17.9 Å². The summed E-state index contributed by atoms with van der Waals surface area (Å²) in [6.45, 7) is 9.24. The summed E-state index contributed by atoms with van der Waals surface area (Å²) in [5, 5.41) is 0. The van der Waals surface area contributed by atoms with Gasteiger partial charge in [0.15, 0.2) is 0 Å². The summed E-state index contributed by atoms with van der Waals surface area (Å²) >= 11 is 0. The number of rotatable bonds is 4. The van der Waals surface area contributed by atoms with Crippen LogP contribution in [0.15, 0.2) is 43.8 Å². The molecule has 0 amide bonds. The van der Waals surface area contributed by atoms with Crippen LogP contribution in [0.4, 0.5) is 0 Å². The molecule has 0 fully saturated rings. The van der Waals surface area contributed by atoms with Crippen LogP contribution in [0.25, 0.3) is 6.20 Å². The third-order valence-electron chi connectivity index (χ3n) is 1.45. The Bertz CT molecular complexity index is 289. The summed E-state index contributed by atoms with van der Waals surface area (Å²) in [4.78, 5) is 10.2. The van der Waals surface area contributed by atoms with Gasteiger partial charge in [0.25, 0.3) is 0 Å². The Balaban J connectivity index is 0.000000262. The van der Waals surface area contributed by atoms with Gasteiger partial charge in [-0.15, -0.1) is 0 Å². The zero-order valence-corrected chi connectivity index (χ0v) is 9.06. The maximum atomic E-state index is 10.2. The van der Waals surface area contributed by atoms with Crippen LogP contribution in [0.5, 0.6) is 0 Å². The molecule has 1 aromatic rings. The van der Waals surface area contributed by atoms with Gasteiger partial charge in [-0.05, 0) is 18.6 Å². The molecule has 0 aliphatic rings. The molecule has 1 rings (SSSR count). The van der Waals surface area contributed by atoms with Crippen LogP contribution in [0, 0.1) is 0 Å². The highest BCUT2D eigenvalue weighted by molar-refractivity contribution is 5.81. The molecule has 0 aliphatic heterocycles. The van der Waals surface area contributed by atoms with Crippen LogP contribution >= 0.6 is 0 Å². The van der Waals surface area contributed by atoms with Crippen molar-refractivity contribution in [3.63, 3.8) is 0 Å². The maximum absolute atomic E-state index is 10.2. The molecular weight excluding hydrogens is 190 g/mol. The lowest BCUT2D eigenvalue weighted by Crippen LogP contribution is -1.99. The molecule has 3 nitrogen and oxygen atoms in total. The van der Waals surface area contributed by atoms with Gasteiger partial charge in [0, 0.05) is 24.7 Å². The number of ether oxygens (including phenoxy) is 1. The molecule has 15 heavy (non-hydrogen) atoms. The van der Waals surface area contributed by atoms with E-state index in [0.717, 1.165) is 12.5 Å². The summed E-state index contributed by atoms with van der Waals surface area (Å²) in [5.41, 5.74) is 0. The first-order valence-corrected chi connectivity index (χ1v) is 4.78. The fourth-order valence-corrected chi connectivity index (χ4v) is 0.731. The molecule has 82 valence electrons. The Kier molecular flexibility index (Phi) is 7.77. The minimum absolute atomic E-state index is 0.341. The summed E-state index contributed by atoms with van der Waals surface area (Å²) in [6, 6.07) is 3.92. The highest BCUT2D eigenvalue weighted by atomic mass is 16.5. The van der Waals surface area contributed by atoms with Gasteiger partial charge in [-0.2, -0.15) is 0 Å². The molecule has 0 saturated carbocycles. The number of nitrogens with zero attached hydrogens (tertiary/aromatic N) is 1. The summed E-state index contributed by atoms with van der Waals surface area (Å²) in [5.74, 6) is -0.341. The number of hydrogen-bond acceptors (Lipinski definition) is 2. The number of carbonyl (C=O) groups is 1. The molecule has 0 bridgehead atoms. The zero-order chi connectivity index (χ0) is 11.5. The minimum atomic E-state index is -0.341. The van der Waals surface area contributed by atoms with E-state index in [1.165, 1.54) is 0 Å². The van der Waals surface area contributed by atoms with Gasteiger partial charge in [-0.1, -0.05) is 20.1 Å². The van der Waals surface area contributed by atoms with Gasteiger partial charge in [0.05, 0.1) is 6.61 Å². The van der Waals surface area contributed by atoms with Crippen LogP contribution in [-0.4, -0.2) is 17.1 Å². The third-order valence-corrected chi connectivity index (χ3v) is 1.45. The highest BCUT2D eigenvalue weighted by Gasteiger charge is 1.89. The Labute approximate surface area is 90.7 Å². The fourth-order valence-electron chi connectivity index (χ4n) is 0.731. The molecular formula is C12H17NO2. The maximum Gasteiger partial charge on any atom is 0.330 e. The van der Waals surface area contributed by atoms with Gasteiger partial charge >= 0.3 is 5.97 Å². The van der Waals surface area contributed by atoms with Gasteiger partial charge in [-0.3, -0.25) is 0 Å². The van der Waals surface area contributed by atoms with E-state index < -0.39 is 0 Å². The molecule has 0 spiro atoms. The average molecular weight is 207 g/mol. The van der Waals surface area contributed by atoms with Crippen molar-refractivity contribution in [2.24, 2.45) is 0 Å². The third kappa shape index (κ3) is 7.31. The van der Waals surface area contributed by atoms with E-state index in [1.807, 2.05) is 36.0 Å². The van der Waals surface area contributed by atoms with Gasteiger partial charge in [-0.25, -0.2) is 4.79 Å². The standard InChI is InChI=1S/C6H7N.C6H10O2/c1-2-7-5-3-4-6-7;1-3-5-8-6(7)4-2/h2-6H,1H2;4H,2-3,5H2,1H3. The fraction of sp³-hybridized carbons (Fsp3) is 0.250. The SMILES string of the molecule is C=CC(=O)OCCC.C=Cn1cccc1. The van der Waals surface area contributed by atoms with Gasteiger partial charge < -0.3 is 9.30 Å². The quantitative estimate of drug-likeness (QED) is 0.561. The molecule has 1 aromatic heterocycles. The van der Waals surface area contributed by atoms with E-state index in [-0.39, 0.29) is 5.97 Å². The molecule has 0 atom stereocenters. The van der Waals surface area contributed by atoms with Crippen molar-refractivity contribution in [3.8, 4) is 0 Å². The Hall–Kier alpha value is -1.77. The Morgan fingerprint density at radius 1 is 1.40 bits per heavy atom. The van der Waals surface area contributed by atoms with Gasteiger partial charge in [0.1, 0.15) is 0 Å².